The van der Waals surface area contributed by atoms with Crippen LogP contribution >= 0.6 is 0 Å². The minimum absolute atomic E-state index is 0.0138. The van der Waals surface area contributed by atoms with Gasteiger partial charge in [0.2, 0.25) is 5.91 Å². The van der Waals surface area contributed by atoms with E-state index in [1.807, 2.05) is 32.1 Å². The summed E-state index contributed by atoms with van der Waals surface area (Å²) in [5.74, 6) is 3.29. The van der Waals surface area contributed by atoms with Gasteiger partial charge in [-0.25, -0.2) is 0 Å². The SMILES string of the molecule is COc1cc(C)c(/C=C/C(=O)NC(C)C2CC3CCC2C3)c(C)c1. The van der Waals surface area contributed by atoms with Crippen LogP contribution < -0.4 is 10.1 Å². The third-order valence-electron chi connectivity index (χ3n) is 6.01. The molecule has 130 valence electrons. The monoisotopic (exact) mass is 327 g/mol. The lowest BCUT2D eigenvalue weighted by atomic mass is 9.84. The van der Waals surface area contributed by atoms with Crippen LogP contribution in [0.2, 0.25) is 0 Å². The Morgan fingerprint density at radius 2 is 1.96 bits per heavy atom. The van der Waals surface area contributed by atoms with Crippen molar-refractivity contribution in [1.82, 2.24) is 5.32 Å². The maximum Gasteiger partial charge on any atom is 0.244 e. The quantitative estimate of drug-likeness (QED) is 0.820. The molecule has 3 rings (SSSR count). The maximum absolute atomic E-state index is 12.3. The average Bonchev–Trinajstić information content (AvgIpc) is 3.16. The molecule has 1 amide bonds. The summed E-state index contributed by atoms with van der Waals surface area (Å²) in [6.07, 6.45) is 9.03. The van der Waals surface area contributed by atoms with E-state index in [9.17, 15) is 4.79 Å². The smallest absolute Gasteiger partial charge is 0.244 e. The summed E-state index contributed by atoms with van der Waals surface area (Å²) in [6.45, 7) is 6.26. The van der Waals surface area contributed by atoms with Gasteiger partial charge in [0, 0.05) is 12.1 Å². The second kappa shape index (κ2) is 7.00. The summed E-state index contributed by atoms with van der Waals surface area (Å²) in [5, 5.41) is 3.19. The fourth-order valence-electron chi connectivity index (χ4n) is 4.76. The van der Waals surface area contributed by atoms with Crippen LogP contribution in [0.15, 0.2) is 18.2 Å². The number of methoxy groups -OCH3 is 1. The molecule has 0 heterocycles. The standard InChI is InChI=1S/C21H29NO2/c1-13-9-18(24-4)10-14(2)19(13)7-8-21(23)22-15(3)20-12-16-5-6-17(20)11-16/h7-10,15-17,20H,5-6,11-12H2,1-4H3,(H,22,23)/b8-7+. The first kappa shape index (κ1) is 17.1. The molecule has 0 radical (unpaired) electrons. The minimum atomic E-state index is 0.0138. The lowest BCUT2D eigenvalue weighted by molar-refractivity contribution is -0.117. The van der Waals surface area contributed by atoms with Gasteiger partial charge in [-0.05, 0) is 92.7 Å². The molecule has 2 aliphatic carbocycles. The summed E-state index contributed by atoms with van der Waals surface area (Å²) in [6, 6.07) is 4.28. The molecule has 2 saturated carbocycles. The normalized spacial score (nSPS) is 26.8. The highest BCUT2D eigenvalue weighted by Gasteiger charge is 2.41. The van der Waals surface area contributed by atoms with Crippen LogP contribution in [0.1, 0.15) is 49.3 Å². The number of amides is 1. The molecule has 0 spiro atoms. The van der Waals surface area contributed by atoms with Crippen molar-refractivity contribution in [2.45, 2.75) is 52.5 Å². The van der Waals surface area contributed by atoms with Gasteiger partial charge in [0.1, 0.15) is 5.75 Å². The molecule has 3 heteroatoms. The molecule has 2 fully saturated rings. The van der Waals surface area contributed by atoms with Crippen LogP contribution in [0.5, 0.6) is 5.75 Å². The lowest BCUT2D eigenvalue weighted by Gasteiger charge is -2.28. The van der Waals surface area contributed by atoms with E-state index in [2.05, 4.69) is 12.2 Å². The topological polar surface area (TPSA) is 38.3 Å². The van der Waals surface area contributed by atoms with Gasteiger partial charge in [-0.1, -0.05) is 6.42 Å². The molecule has 0 saturated heterocycles. The minimum Gasteiger partial charge on any atom is -0.497 e. The van der Waals surface area contributed by atoms with Crippen molar-refractivity contribution in [1.29, 1.82) is 0 Å². The van der Waals surface area contributed by atoms with Gasteiger partial charge in [-0.3, -0.25) is 4.79 Å². The first-order valence-electron chi connectivity index (χ1n) is 9.11. The number of aryl methyl sites for hydroxylation is 2. The highest BCUT2D eigenvalue weighted by molar-refractivity contribution is 5.92. The van der Waals surface area contributed by atoms with Crippen LogP contribution in [-0.2, 0) is 4.79 Å². The Hall–Kier alpha value is -1.77. The predicted molar refractivity (Wildman–Crippen MR) is 98.0 cm³/mol. The first-order valence-corrected chi connectivity index (χ1v) is 9.11. The Labute approximate surface area is 145 Å². The molecule has 3 nitrogen and oxygen atoms in total. The van der Waals surface area contributed by atoms with Crippen LogP contribution in [0.25, 0.3) is 6.08 Å². The van der Waals surface area contributed by atoms with E-state index in [1.165, 1.54) is 25.7 Å². The zero-order valence-corrected chi connectivity index (χ0v) is 15.3. The van der Waals surface area contributed by atoms with Crippen LogP contribution in [-0.4, -0.2) is 19.1 Å². The largest absolute Gasteiger partial charge is 0.497 e. The van der Waals surface area contributed by atoms with Crippen LogP contribution in [0, 0.1) is 31.6 Å². The number of benzene rings is 1. The van der Waals surface area contributed by atoms with Crippen molar-refractivity contribution in [3.05, 3.63) is 34.9 Å². The van der Waals surface area contributed by atoms with Crippen molar-refractivity contribution < 1.29 is 9.53 Å². The summed E-state index contributed by atoms with van der Waals surface area (Å²) < 4.78 is 5.29. The van der Waals surface area contributed by atoms with Crippen molar-refractivity contribution in [3.63, 3.8) is 0 Å². The predicted octanol–water partition coefficient (Wildman–Crippen LogP) is 4.27. The Morgan fingerprint density at radius 1 is 1.25 bits per heavy atom. The fraction of sp³-hybridized carbons (Fsp3) is 0.571. The summed E-state index contributed by atoms with van der Waals surface area (Å²) in [5.41, 5.74) is 3.34. The van der Waals surface area contributed by atoms with Gasteiger partial charge in [0.25, 0.3) is 0 Å². The van der Waals surface area contributed by atoms with Crippen molar-refractivity contribution >= 4 is 12.0 Å². The molecular formula is C21H29NO2. The van der Waals surface area contributed by atoms with Crippen molar-refractivity contribution in [3.8, 4) is 5.75 Å². The molecule has 2 bridgehead atoms. The van der Waals surface area contributed by atoms with E-state index in [4.69, 9.17) is 4.74 Å². The fourth-order valence-corrected chi connectivity index (χ4v) is 4.76. The number of hydrogen-bond acceptors (Lipinski definition) is 2. The van der Waals surface area contributed by atoms with Gasteiger partial charge in [-0.2, -0.15) is 0 Å². The van der Waals surface area contributed by atoms with Crippen molar-refractivity contribution in [2.75, 3.05) is 7.11 Å². The van der Waals surface area contributed by atoms with Crippen LogP contribution in [0.3, 0.4) is 0 Å². The zero-order chi connectivity index (χ0) is 17.3. The van der Waals surface area contributed by atoms with Gasteiger partial charge >= 0.3 is 0 Å². The van der Waals surface area contributed by atoms with E-state index in [1.54, 1.807) is 13.2 Å². The van der Waals surface area contributed by atoms with Crippen molar-refractivity contribution in [2.24, 2.45) is 17.8 Å². The third-order valence-corrected chi connectivity index (χ3v) is 6.01. The summed E-state index contributed by atoms with van der Waals surface area (Å²) >= 11 is 0. The molecular weight excluding hydrogens is 298 g/mol. The number of fused-ring (bicyclic) bond motifs is 2. The average molecular weight is 327 g/mol. The van der Waals surface area contributed by atoms with E-state index in [0.29, 0.717) is 5.92 Å². The number of hydrogen-bond donors (Lipinski definition) is 1. The molecule has 24 heavy (non-hydrogen) atoms. The number of ether oxygens (including phenoxy) is 1. The number of carbonyl (C=O) groups excluding carboxylic acids is 1. The van der Waals surface area contributed by atoms with Gasteiger partial charge < -0.3 is 10.1 Å². The first-order chi connectivity index (χ1) is 11.5. The summed E-state index contributed by atoms with van der Waals surface area (Å²) in [7, 11) is 1.67. The van der Waals surface area contributed by atoms with E-state index >= 15 is 0 Å². The highest BCUT2D eigenvalue weighted by atomic mass is 16.5. The Bertz CT molecular complexity index is 626. The van der Waals surface area contributed by atoms with Crippen LogP contribution in [0.4, 0.5) is 0 Å². The third kappa shape index (κ3) is 3.50. The Kier molecular flexibility index (Phi) is 4.98. The molecule has 0 aromatic heterocycles. The maximum atomic E-state index is 12.3. The van der Waals surface area contributed by atoms with Gasteiger partial charge in [-0.15, -0.1) is 0 Å². The van der Waals surface area contributed by atoms with E-state index < -0.39 is 0 Å². The molecule has 4 unspecified atom stereocenters. The number of rotatable bonds is 5. The lowest BCUT2D eigenvalue weighted by Crippen LogP contribution is -2.39. The van der Waals surface area contributed by atoms with E-state index in [0.717, 1.165) is 34.3 Å². The second-order valence-electron chi connectivity index (χ2n) is 7.64. The summed E-state index contributed by atoms with van der Waals surface area (Å²) in [4.78, 5) is 12.3. The van der Waals surface area contributed by atoms with Gasteiger partial charge in [0.15, 0.2) is 0 Å². The Balaban J connectivity index is 1.61. The Morgan fingerprint density at radius 3 is 2.50 bits per heavy atom. The zero-order valence-electron chi connectivity index (χ0n) is 15.3. The van der Waals surface area contributed by atoms with E-state index in [-0.39, 0.29) is 11.9 Å². The molecule has 4 atom stereocenters. The van der Waals surface area contributed by atoms with Gasteiger partial charge in [0.05, 0.1) is 7.11 Å². The molecule has 1 aromatic carbocycles. The molecule has 1 N–H and O–H groups in total. The molecule has 1 aromatic rings. The number of nitrogens with one attached hydrogen (secondary N) is 1. The molecule has 0 aliphatic heterocycles. The second-order valence-corrected chi connectivity index (χ2v) is 7.64. The number of carbonyl (C=O) groups is 1. The highest BCUT2D eigenvalue weighted by Crippen LogP contribution is 2.49. The molecule has 2 aliphatic rings.